The van der Waals surface area contributed by atoms with E-state index < -0.39 is 22.0 Å². The molecule has 7 nitrogen and oxygen atoms in total. The third kappa shape index (κ3) is 7.94. The molecule has 0 aliphatic heterocycles. The van der Waals surface area contributed by atoms with Gasteiger partial charge in [0.05, 0.1) is 5.97 Å². The molecule has 0 aliphatic rings. The summed E-state index contributed by atoms with van der Waals surface area (Å²) in [6.45, 7) is 0.0258. The minimum atomic E-state index is -1.97. The van der Waals surface area contributed by atoms with Gasteiger partial charge in [0, 0.05) is 5.69 Å². The average molecular weight is 476 g/mol. The summed E-state index contributed by atoms with van der Waals surface area (Å²) >= 11 is 22.8. The van der Waals surface area contributed by atoms with Crippen LogP contribution in [0.2, 0.25) is 0 Å². The number of carboxylic acids is 1. The summed E-state index contributed by atoms with van der Waals surface area (Å²) in [6.07, 6.45) is -2.07. The second-order valence-electron chi connectivity index (χ2n) is 5.65. The van der Waals surface area contributed by atoms with E-state index in [9.17, 15) is 14.7 Å². The third-order valence-electron chi connectivity index (χ3n) is 3.43. The number of benzene rings is 2. The molecule has 0 bridgehead atoms. The van der Waals surface area contributed by atoms with Crippen LogP contribution in [0.3, 0.4) is 0 Å². The van der Waals surface area contributed by atoms with Crippen molar-refractivity contribution in [2.24, 2.45) is 0 Å². The lowest BCUT2D eigenvalue weighted by molar-refractivity contribution is -0.255. The number of ether oxygens (including phenoxy) is 1. The van der Waals surface area contributed by atoms with E-state index in [0.29, 0.717) is 5.69 Å². The molecule has 2 rings (SSSR count). The maximum Gasteiger partial charge on any atom is 0.409 e. The Bertz CT molecular complexity index is 878. The number of alkyl carbamates (subject to hydrolysis) is 1. The fourth-order valence-electron chi connectivity index (χ4n) is 2.10. The molecule has 11 heteroatoms. The second-order valence-corrected chi connectivity index (χ2v) is 8.42. The molecule has 0 fully saturated rings. The Hall–Kier alpha value is -2.26. The Morgan fingerprint density at radius 2 is 1.76 bits per heavy atom. The number of alkyl halides is 3. The topological polar surface area (TPSA) is 103 Å². The van der Waals surface area contributed by atoms with Gasteiger partial charge in [-0.25, -0.2) is 4.79 Å². The van der Waals surface area contributed by atoms with Crippen LogP contribution in [0.4, 0.5) is 10.5 Å². The molecule has 0 spiro atoms. The number of amides is 1. The molecule has 0 unspecified atom stereocenters. The van der Waals surface area contributed by atoms with E-state index >= 15 is 0 Å². The van der Waals surface area contributed by atoms with Gasteiger partial charge in [-0.1, -0.05) is 77.3 Å². The highest BCUT2D eigenvalue weighted by Crippen LogP contribution is 2.29. The molecular formula is C18H15Cl3N3O4S-. The number of carboxylic acid groups (broad SMARTS) is 1. The van der Waals surface area contributed by atoms with Crippen LogP contribution >= 0.6 is 47.0 Å². The van der Waals surface area contributed by atoms with Gasteiger partial charge in [-0.2, -0.15) is 0 Å². The Morgan fingerprint density at radius 1 is 1.07 bits per heavy atom. The van der Waals surface area contributed by atoms with Gasteiger partial charge in [0.2, 0.25) is 3.79 Å². The number of hydrogen-bond acceptors (Lipinski definition) is 5. The van der Waals surface area contributed by atoms with Crippen molar-refractivity contribution in [3.63, 3.8) is 0 Å². The van der Waals surface area contributed by atoms with Crippen LogP contribution in [0.5, 0.6) is 0 Å². The highest BCUT2D eigenvalue weighted by Gasteiger charge is 2.35. The Labute approximate surface area is 187 Å². The Morgan fingerprint density at radius 3 is 2.38 bits per heavy atom. The van der Waals surface area contributed by atoms with E-state index in [2.05, 4.69) is 16.0 Å². The van der Waals surface area contributed by atoms with Gasteiger partial charge < -0.3 is 25.3 Å². The maximum absolute atomic E-state index is 12.0. The van der Waals surface area contributed by atoms with Crippen LogP contribution in [0, 0.1) is 0 Å². The summed E-state index contributed by atoms with van der Waals surface area (Å²) in [6, 6.07) is 14.8. The molecule has 2 aromatic carbocycles. The predicted molar refractivity (Wildman–Crippen MR) is 114 cm³/mol. The summed E-state index contributed by atoms with van der Waals surface area (Å²) in [7, 11) is 0. The van der Waals surface area contributed by atoms with Crippen molar-refractivity contribution in [1.82, 2.24) is 10.6 Å². The molecule has 0 saturated heterocycles. The van der Waals surface area contributed by atoms with Crippen molar-refractivity contribution in [3.05, 3.63) is 65.7 Å². The van der Waals surface area contributed by atoms with Crippen molar-refractivity contribution < 1.29 is 19.4 Å². The van der Waals surface area contributed by atoms with Gasteiger partial charge in [-0.05, 0) is 35.5 Å². The zero-order valence-electron chi connectivity index (χ0n) is 14.7. The number of rotatable bonds is 6. The van der Waals surface area contributed by atoms with Gasteiger partial charge in [-0.15, -0.1) is 0 Å². The van der Waals surface area contributed by atoms with Gasteiger partial charge in [0.25, 0.3) is 0 Å². The van der Waals surface area contributed by atoms with Gasteiger partial charge in [-0.3, -0.25) is 5.32 Å². The minimum Gasteiger partial charge on any atom is -0.545 e. The maximum atomic E-state index is 12.0. The number of carbonyl (C=O) groups excluding carboxylic acids is 2. The van der Waals surface area contributed by atoms with Crippen LogP contribution < -0.4 is 21.1 Å². The average Bonchev–Trinajstić information content (AvgIpc) is 2.66. The van der Waals surface area contributed by atoms with Crippen molar-refractivity contribution in [2.75, 3.05) is 5.32 Å². The van der Waals surface area contributed by atoms with E-state index in [4.69, 9.17) is 51.8 Å². The Kier molecular flexibility index (Phi) is 8.33. The molecule has 1 amide bonds. The summed E-state index contributed by atoms with van der Waals surface area (Å²) in [5, 5.41) is 18.6. The first-order valence-corrected chi connectivity index (χ1v) is 9.62. The highest BCUT2D eigenvalue weighted by atomic mass is 35.6. The van der Waals surface area contributed by atoms with Crippen molar-refractivity contribution >= 4 is 69.9 Å². The quantitative estimate of drug-likeness (QED) is 0.335. The fourth-order valence-corrected chi connectivity index (χ4v) is 2.67. The molecule has 1 atom stereocenters. The monoisotopic (exact) mass is 474 g/mol. The minimum absolute atomic E-state index is 0.0258. The molecule has 29 heavy (non-hydrogen) atoms. The lowest BCUT2D eigenvalue weighted by atomic mass is 10.2. The molecule has 0 saturated carbocycles. The lowest BCUT2D eigenvalue weighted by Gasteiger charge is -2.27. The number of nitrogens with one attached hydrogen (secondary N) is 3. The number of thiocarbonyl (C=S) groups is 1. The summed E-state index contributed by atoms with van der Waals surface area (Å²) in [5.74, 6) is -1.34. The van der Waals surface area contributed by atoms with Crippen LogP contribution in [0.1, 0.15) is 15.9 Å². The number of carbonyl (C=O) groups is 2. The molecule has 3 N–H and O–H groups in total. The lowest BCUT2D eigenvalue weighted by Crippen LogP contribution is -2.56. The standard InChI is InChI=1S/C18H16Cl3N3O4S/c19-18(20,21)15(24-17(27)28-10-11-5-2-1-3-6-11)23-16(29)22-13-8-4-7-12(9-13)14(25)26/h1-9,15H,10H2,(H,24,27)(H,25,26)(H2,22,23,29)/p-1/t15-/m1/s1. The SMILES string of the molecule is O=C(N[C@@H](NC(=S)Nc1cccc(C(=O)[O-])c1)C(Cl)(Cl)Cl)OCc1ccccc1. The Balaban J connectivity index is 1.95. The zero-order chi connectivity index (χ0) is 21.4. The van der Waals surface area contributed by atoms with E-state index in [1.54, 1.807) is 18.2 Å². The van der Waals surface area contributed by atoms with Gasteiger partial charge in [0.15, 0.2) is 11.3 Å². The van der Waals surface area contributed by atoms with E-state index in [1.807, 2.05) is 18.2 Å². The molecule has 0 aliphatic carbocycles. The number of hydrogen-bond donors (Lipinski definition) is 3. The number of halogens is 3. The highest BCUT2D eigenvalue weighted by molar-refractivity contribution is 7.80. The van der Waals surface area contributed by atoms with E-state index in [1.165, 1.54) is 18.2 Å². The first kappa shape index (κ1) is 23.0. The second kappa shape index (κ2) is 10.5. The van der Waals surface area contributed by atoms with Crippen molar-refractivity contribution in [3.8, 4) is 0 Å². The predicted octanol–water partition coefficient (Wildman–Crippen LogP) is 2.96. The fraction of sp³-hybridized carbons (Fsp3) is 0.167. The van der Waals surface area contributed by atoms with E-state index in [0.717, 1.165) is 5.56 Å². The zero-order valence-corrected chi connectivity index (χ0v) is 17.7. The van der Waals surface area contributed by atoms with Gasteiger partial charge >= 0.3 is 6.09 Å². The van der Waals surface area contributed by atoms with Crippen LogP contribution in [0.25, 0.3) is 0 Å². The van der Waals surface area contributed by atoms with Crippen LogP contribution in [0.15, 0.2) is 54.6 Å². The van der Waals surface area contributed by atoms with E-state index in [-0.39, 0.29) is 17.3 Å². The van der Waals surface area contributed by atoms with Crippen LogP contribution in [-0.4, -0.2) is 27.1 Å². The van der Waals surface area contributed by atoms with Crippen LogP contribution in [-0.2, 0) is 11.3 Å². The molecule has 154 valence electrons. The number of aromatic carboxylic acids is 1. The third-order valence-corrected chi connectivity index (χ3v) is 4.31. The molecule has 0 radical (unpaired) electrons. The smallest absolute Gasteiger partial charge is 0.409 e. The largest absolute Gasteiger partial charge is 0.545 e. The first-order chi connectivity index (χ1) is 13.6. The van der Waals surface area contributed by atoms with Gasteiger partial charge in [0.1, 0.15) is 6.61 Å². The van der Waals surface area contributed by atoms with Crippen molar-refractivity contribution in [2.45, 2.75) is 16.6 Å². The summed E-state index contributed by atoms with van der Waals surface area (Å²) in [5.41, 5.74) is 1.10. The van der Waals surface area contributed by atoms with Crippen molar-refractivity contribution in [1.29, 1.82) is 0 Å². The molecule has 0 aromatic heterocycles. The molecular weight excluding hydrogens is 461 g/mol. The molecule has 0 heterocycles. The summed E-state index contributed by atoms with van der Waals surface area (Å²) < 4.78 is 3.13. The molecule has 2 aromatic rings. The summed E-state index contributed by atoms with van der Waals surface area (Å²) in [4.78, 5) is 23.0. The number of anilines is 1. The first-order valence-electron chi connectivity index (χ1n) is 8.08. The normalized spacial score (nSPS) is 11.8.